The van der Waals surface area contributed by atoms with Crippen molar-refractivity contribution >= 4 is 71.0 Å². The van der Waals surface area contributed by atoms with E-state index in [2.05, 4.69) is 24.6 Å². The number of nitrogens with zero attached hydrogens (tertiary/aromatic N) is 5. The molecule has 13 nitrogen and oxygen atoms in total. The molecule has 0 saturated carbocycles. The van der Waals surface area contributed by atoms with Gasteiger partial charge < -0.3 is 14.7 Å². The Morgan fingerprint density at radius 3 is 2.79 bits per heavy atom. The molecular weight excluding hydrogens is 745 g/mol. The van der Waals surface area contributed by atoms with Crippen LogP contribution in [0.1, 0.15) is 37.7 Å². The molecule has 2 atom stereocenters. The number of carboxylic acid groups (broad SMARTS) is 1. The van der Waals surface area contributed by atoms with Crippen molar-refractivity contribution in [2.75, 3.05) is 49.5 Å². The van der Waals surface area contributed by atoms with Crippen molar-refractivity contribution in [3.05, 3.63) is 52.3 Å². The van der Waals surface area contributed by atoms with Crippen molar-refractivity contribution in [2.45, 2.75) is 43.2 Å². The number of aromatic nitrogens is 2. The summed E-state index contributed by atoms with van der Waals surface area (Å²) in [7, 11) is -3.71. The summed E-state index contributed by atoms with van der Waals surface area (Å²) in [6.45, 7) is 2.11. The molecule has 6 heterocycles. The van der Waals surface area contributed by atoms with E-state index in [1.165, 1.54) is 12.1 Å². The Morgan fingerprint density at radius 2 is 2.06 bits per heavy atom. The first-order valence-corrected chi connectivity index (χ1v) is 19.1. The molecule has 4 saturated heterocycles. The number of benzene rings is 2. The fourth-order valence-corrected chi connectivity index (χ4v) is 10.9. The van der Waals surface area contributed by atoms with Crippen LogP contribution >= 0.6 is 22.9 Å². The van der Waals surface area contributed by atoms with Crippen LogP contribution in [0.25, 0.3) is 32.1 Å². The smallest absolute Gasteiger partial charge is 0.409 e. The van der Waals surface area contributed by atoms with Gasteiger partial charge in [0.15, 0.2) is 5.82 Å². The second-order valence-corrected chi connectivity index (χ2v) is 16.6. The van der Waals surface area contributed by atoms with Crippen molar-refractivity contribution < 1.29 is 36.2 Å². The zero-order valence-electron chi connectivity index (χ0n) is 27.2. The lowest BCUT2D eigenvalue weighted by atomic mass is 9.90. The molecule has 1 unspecified atom stereocenters. The summed E-state index contributed by atoms with van der Waals surface area (Å²) < 4.78 is 82.0. The molecule has 2 aromatic heterocycles. The van der Waals surface area contributed by atoms with Crippen LogP contribution in [-0.4, -0.2) is 84.9 Å². The van der Waals surface area contributed by atoms with Gasteiger partial charge in [-0.15, -0.1) is 11.3 Å². The molecule has 4 aromatic rings. The van der Waals surface area contributed by atoms with Gasteiger partial charge in [0.2, 0.25) is 0 Å². The zero-order chi connectivity index (χ0) is 36.6. The molecule has 4 fully saturated rings. The molecule has 1 spiro atoms. The molecule has 272 valence electrons. The van der Waals surface area contributed by atoms with Crippen LogP contribution < -0.4 is 24.4 Å². The monoisotopic (exact) mass is 774 g/mol. The van der Waals surface area contributed by atoms with Gasteiger partial charge in [0.25, 0.3) is 10.2 Å². The minimum Gasteiger partial charge on any atom is -0.465 e. The number of hydrogen-bond donors (Lipinski definition) is 4. The number of nitriles is 1. The van der Waals surface area contributed by atoms with Crippen LogP contribution in [0.5, 0.6) is 6.01 Å². The van der Waals surface area contributed by atoms with Crippen LogP contribution in [0.15, 0.2) is 30.1 Å². The number of anilines is 2. The summed E-state index contributed by atoms with van der Waals surface area (Å²) in [5.41, 5.74) is -1.26. The topological polar surface area (TPSA) is 173 Å². The number of piperidine rings is 1. The first kappa shape index (κ1) is 34.8. The van der Waals surface area contributed by atoms with Crippen LogP contribution in [0, 0.1) is 23.0 Å². The Labute approximate surface area is 304 Å². The number of nitrogens with one attached hydrogen (secondary N) is 3. The summed E-state index contributed by atoms with van der Waals surface area (Å²) in [4.78, 5) is 24.7. The highest BCUT2D eigenvalue weighted by atomic mass is 35.5. The fraction of sp³-hybridized carbons (Fsp3) is 0.394. The summed E-state index contributed by atoms with van der Waals surface area (Å²) >= 11 is 7.54. The van der Waals surface area contributed by atoms with Crippen molar-refractivity contribution in [1.82, 2.24) is 24.3 Å². The Kier molecular flexibility index (Phi) is 8.51. The predicted molar refractivity (Wildman–Crippen MR) is 189 cm³/mol. The molecule has 19 heteroatoms. The molecular formula is C33H30ClF3N8O5S2. The van der Waals surface area contributed by atoms with Gasteiger partial charge in [-0.25, -0.2) is 22.7 Å². The average Bonchev–Trinajstić information content (AvgIpc) is 3.84. The highest BCUT2D eigenvalue weighted by Crippen LogP contribution is 2.47. The van der Waals surface area contributed by atoms with Crippen molar-refractivity contribution in [1.29, 1.82) is 5.26 Å². The quantitative estimate of drug-likeness (QED) is 0.192. The fourth-order valence-electron chi connectivity index (χ4n) is 8.17. The number of ether oxygens (including phenoxy) is 1. The van der Waals surface area contributed by atoms with Crippen LogP contribution in [0.2, 0.25) is 5.02 Å². The van der Waals surface area contributed by atoms with E-state index < -0.39 is 39.0 Å². The lowest BCUT2D eigenvalue weighted by molar-refractivity contribution is 0.108. The molecule has 52 heavy (non-hydrogen) atoms. The van der Waals surface area contributed by atoms with Gasteiger partial charge in [0, 0.05) is 42.5 Å². The normalized spacial score (nSPS) is 25.0. The van der Waals surface area contributed by atoms with E-state index in [0.29, 0.717) is 55.6 Å². The highest BCUT2D eigenvalue weighted by Gasteiger charge is 2.48. The lowest BCUT2D eigenvalue weighted by Gasteiger charge is -2.40. The van der Waals surface area contributed by atoms with E-state index in [4.69, 9.17) is 21.3 Å². The van der Waals surface area contributed by atoms with Gasteiger partial charge in [-0.1, -0.05) is 17.7 Å². The maximum atomic E-state index is 17.2. The second kappa shape index (κ2) is 12.7. The second-order valence-electron chi connectivity index (χ2n) is 13.6. The zero-order valence-corrected chi connectivity index (χ0v) is 29.6. The highest BCUT2D eigenvalue weighted by molar-refractivity contribution is 7.87. The SMILES string of the molecule is N#Cc1c(NC(=O)O)sc2c(F)ccc(-c3c(Cl)cc4c(N5CCC[C@]6(CNS(=O)(=O)N6)C5)nc(OCC56CCCN5C/C(=C\F)C6)nc4c3F)c12. The summed E-state index contributed by atoms with van der Waals surface area (Å²) in [6.07, 6.45) is 2.39. The maximum Gasteiger partial charge on any atom is 0.409 e. The predicted octanol–water partition coefficient (Wildman–Crippen LogP) is 5.65. The third-order valence-corrected chi connectivity index (χ3v) is 13.0. The number of halogens is 4. The van der Waals surface area contributed by atoms with E-state index >= 15 is 8.78 Å². The van der Waals surface area contributed by atoms with Crippen molar-refractivity contribution in [2.24, 2.45) is 0 Å². The van der Waals surface area contributed by atoms with Gasteiger partial charge in [0.05, 0.1) is 32.7 Å². The summed E-state index contributed by atoms with van der Waals surface area (Å²) in [5.74, 6) is -1.42. The number of thiophene rings is 1. The first-order chi connectivity index (χ1) is 24.8. The third kappa shape index (κ3) is 5.79. The Hall–Kier alpha value is -4.25. The maximum absolute atomic E-state index is 17.2. The van der Waals surface area contributed by atoms with Crippen LogP contribution in [0.4, 0.5) is 28.8 Å². The summed E-state index contributed by atoms with van der Waals surface area (Å²) in [6, 6.07) is 5.56. The Morgan fingerprint density at radius 1 is 1.25 bits per heavy atom. The van der Waals surface area contributed by atoms with Crippen molar-refractivity contribution in [3.63, 3.8) is 0 Å². The van der Waals surface area contributed by atoms with E-state index in [1.807, 2.05) is 11.0 Å². The molecule has 0 radical (unpaired) electrons. The minimum atomic E-state index is -3.71. The molecule has 8 rings (SSSR count). The van der Waals surface area contributed by atoms with Gasteiger partial charge in [-0.3, -0.25) is 10.2 Å². The number of amides is 1. The lowest BCUT2D eigenvalue weighted by Crippen LogP contribution is -2.56. The van der Waals surface area contributed by atoms with E-state index in [1.54, 1.807) is 0 Å². The Balaban J connectivity index is 1.29. The van der Waals surface area contributed by atoms with E-state index in [-0.39, 0.29) is 79.2 Å². The Bertz CT molecular complexity index is 2370. The van der Waals surface area contributed by atoms with Gasteiger partial charge in [-0.2, -0.15) is 28.4 Å². The third-order valence-electron chi connectivity index (χ3n) is 10.4. The van der Waals surface area contributed by atoms with E-state index in [9.17, 15) is 28.0 Å². The van der Waals surface area contributed by atoms with Crippen LogP contribution in [-0.2, 0) is 10.2 Å². The van der Waals surface area contributed by atoms with Crippen molar-refractivity contribution in [3.8, 4) is 23.2 Å². The molecule has 0 aliphatic carbocycles. The van der Waals surface area contributed by atoms with Gasteiger partial charge in [0.1, 0.15) is 34.8 Å². The number of hydrogen-bond acceptors (Lipinski definition) is 10. The first-order valence-electron chi connectivity index (χ1n) is 16.4. The molecule has 4 aliphatic rings. The molecule has 0 bridgehead atoms. The number of carbonyl (C=O) groups is 1. The largest absolute Gasteiger partial charge is 0.465 e. The van der Waals surface area contributed by atoms with Gasteiger partial charge >= 0.3 is 12.1 Å². The van der Waals surface area contributed by atoms with Gasteiger partial charge in [-0.05, 0) is 61.9 Å². The molecule has 4 N–H and O–H groups in total. The minimum absolute atomic E-state index is 0.0282. The molecule has 4 aliphatic heterocycles. The standard InChI is InChI=1S/C33H30ClF3N8O5S2/c34-21-9-19-26(25(37)24(21)18-3-4-22(36)27-23(18)20(12-38)29(51-27)42-31(46)47)40-30(50-16-33-6-2-8-45(33)13-17(10-33)11-35)41-28(19)44-7-1-5-32(15-44)14-39-52(48,49)43-32/h3-4,9,11,39,42-43H,1-2,5-8,10,13-16H2,(H,46,47)/b17-11-/t32-,33?/m0/s1. The number of rotatable bonds is 6. The van der Waals surface area contributed by atoms with Crippen LogP contribution in [0.3, 0.4) is 0 Å². The molecule has 1 amide bonds. The number of fused-ring (bicyclic) bond motifs is 3. The average molecular weight is 775 g/mol. The summed E-state index contributed by atoms with van der Waals surface area (Å²) in [5, 5.41) is 21.4. The van der Waals surface area contributed by atoms with E-state index in [0.717, 1.165) is 25.5 Å². The molecule has 2 aromatic carbocycles.